The predicted octanol–water partition coefficient (Wildman–Crippen LogP) is 6.16. The minimum atomic E-state index is -0.440. The zero-order chi connectivity index (χ0) is 31.3. The van der Waals surface area contributed by atoms with Gasteiger partial charge in [-0.2, -0.15) is 4.98 Å². The highest BCUT2D eigenvalue weighted by Gasteiger charge is 2.34. The molecule has 3 aromatic heterocycles. The number of hydrogen-bond acceptors (Lipinski definition) is 7. The number of carbonyl (C=O) groups is 1. The van der Waals surface area contributed by atoms with E-state index in [1.165, 1.54) is 6.08 Å². The summed E-state index contributed by atoms with van der Waals surface area (Å²) in [4.78, 5) is 45.4. The third-order valence-electron chi connectivity index (χ3n) is 8.38. The molecule has 0 spiro atoms. The molecule has 0 saturated carbocycles. The minimum Gasteiger partial charge on any atom is -0.493 e. The van der Waals surface area contributed by atoms with E-state index in [2.05, 4.69) is 47.9 Å². The van der Waals surface area contributed by atoms with Gasteiger partial charge in [0.15, 0.2) is 5.65 Å². The topological polar surface area (TPSA) is 93.5 Å². The number of rotatable bonds is 3. The standard InChI is InChI=1S/C33H34ClIN6O3/c1-6-26(42)39-16-20(5)40(17-19(39)4)31-22-15-23(34)29-27-24(35)10-7-11-25(27)44-14-8-9-21-12-13-36-28(18(2)3)30(21)41(32(22)37-29)33(43)38-31/h6-7,10-13,15,18-20H,1,8-9,14,16-17H2,2-5H3/t19-,20+/m1/s1. The van der Waals surface area contributed by atoms with Crippen molar-refractivity contribution in [2.24, 2.45) is 0 Å². The Kier molecular flexibility index (Phi) is 8.40. The molecule has 5 heterocycles. The molecular weight excluding hydrogens is 691 g/mol. The summed E-state index contributed by atoms with van der Waals surface area (Å²) in [5.41, 5.74) is 3.81. The van der Waals surface area contributed by atoms with Crippen molar-refractivity contribution in [3.05, 3.63) is 79.5 Å². The van der Waals surface area contributed by atoms with Gasteiger partial charge in [0.2, 0.25) is 5.91 Å². The molecule has 4 aromatic rings. The van der Waals surface area contributed by atoms with Gasteiger partial charge in [-0.1, -0.05) is 38.1 Å². The number of piperazine rings is 1. The molecule has 44 heavy (non-hydrogen) atoms. The van der Waals surface area contributed by atoms with Gasteiger partial charge in [0.05, 0.1) is 39.7 Å². The lowest BCUT2D eigenvalue weighted by Crippen LogP contribution is -2.58. The molecular formula is C33H34ClIN6O3. The fourth-order valence-electron chi connectivity index (χ4n) is 6.24. The van der Waals surface area contributed by atoms with Crippen molar-refractivity contribution in [3.63, 3.8) is 0 Å². The van der Waals surface area contributed by atoms with E-state index in [-0.39, 0.29) is 23.9 Å². The molecule has 2 bridgehead atoms. The second-order valence-electron chi connectivity index (χ2n) is 11.7. The average Bonchev–Trinajstić information content (AvgIpc) is 2.99. The van der Waals surface area contributed by atoms with Crippen LogP contribution in [0.25, 0.3) is 28.0 Å². The second-order valence-corrected chi connectivity index (χ2v) is 13.3. The number of aryl methyl sites for hydroxylation is 1. The quantitative estimate of drug-likeness (QED) is 0.185. The molecule has 0 N–H and O–H groups in total. The summed E-state index contributed by atoms with van der Waals surface area (Å²) in [7, 11) is 0. The zero-order valence-corrected chi connectivity index (χ0v) is 28.1. The van der Waals surface area contributed by atoms with E-state index in [0.717, 1.165) is 26.8 Å². The largest absolute Gasteiger partial charge is 0.493 e. The highest BCUT2D eigenvalue weighted by atomic mass is 127. The number of amides is 1. The Morgan fingerprint density at radius 1 is 1.18 bits per heavy atom. The highest BCUT2D eigenvalue weighted by Crippen LogP contribution is 2.41. The Morgan fingerprint density at radius 3 is 2.73 bits per heavy atom. The van der Waals surface area contributed by atoms with Crippen LogP contribution in [0.3, 0.4) is 0 Å². The molecule has 0 unspecified atom stereocenters. The normalized spacial score (nSPS) is 18.3. The number of pyridine rings is 2. The predicted molar refractivity (Wildman–Crippen MR) is 182 cm³/mol. The van der Waals surface area contributed by atoms with Gasteiger partial charge in [0.1, 0.15) is 11.6 Å². The van der Waals surface area contributed by atoms with Crippen LogP contribution in [0.15, 0.2) is 54.0 Å². The summed E-state index contributed by atoms with van der Waals surface area (Å²) >= 11 is 9.35. The van der Waals surface area contributed by atoms with Gasteiger partial charge in [0, 0.05) is 34.9 Å². The lowest BCUT2D eigenvalue weighted by molar-refractivity contribution is -0.128. The van der Waals surface area contributed by atoms with Crippen LogP contribution in [0, 0.1) is 3.57 Å². The first-order valence-electron chi connectivity index (χ1n) is 14.8. The molecule has 2 aliphatic rings. The Morgan fingerprint density at radius 2 is 1.98 bits per heavy atom. The van der Waals surface area contributed by atoms with Crippen LogP contribution in [0.5, 0.6) is 5.75 Å². The van der Waals surface area contributed by atoms with E-state index in [1.54, 1.807) is 15.7 Å². The van der Waals surface area contributed by atoms with Crippen molar-refractivity contribution < 1.29 is 9.53 Å². The van der Waals surface area contributed by atoms with Gasteiger partial charge in [0.25, 0.3) is 0 Å². The van der Waals surface area contributed by atoms with Crippen LogP contribution in [0.2, 0.25) is 5.02 Å². The second kappa shape index (κ2) is 12.1. The summed E-state index contributed by atoms with van der Waals surface area (Å²) in [5, 5.41) is 1.07. The van der Waals surface area contributed by atoms with E-state index in [0.29, 0.717) is 65.1 Å². The third-order valence-corrected chi connectivity index (χ3v) is 9.57. The number of halogens is 2. The lowest BCUT2D eigenvalue weighted by Gasteiger charge is -2.44. The molecule has 1 aromatic carbocycles. The van der Waals surface area contributed by atoms with E-state index in [4.69, 9.17) is 31.3 Å². The fraction of sp³-hybridized carbons (Fsp3) is 0.364. The highest BCUT2D eigenvalue weighted by molar-refractivity contribution is 14.1. The van der Waals surface area contributed by atoms with Gasteiger partial charge in [-0.3, -0.25) is 9.78 Å². The molecule has 1 amide bonds. The SMILES string of the molecule is C=CC(=O)N1C[C@H](C)N(c2nc(=O)n3c4nc(c(Cl)cc24)-c2c(I)cccc2OCCCc2ccnc(C(C)C)c2-3)C[C@H]1C. The molecule has 1 fully saturated rings. The molecule has 2 aliphatic heterocycles. The van der Waals surface area contributed by atoms with Crippen molar-refractivity contribution in [3.8, 4) is 22.7 Å². The number of carbonyl (C=O) groups excluding carboxylic acids is 1. The average molecular weight is 725 g/mol. The summed E-state index contributed by atoms with van der Waals surface area (Å²) in [6.45, 7) is 13.2. The van der Waals surface area contributed by atoms with Crippen LogP contribution in [-0.4, -0.2) is 62.1 Å². The number of hydrogen-bond donors (Lipinski definition) is 0. The monoisotopic (exact) mass is 724 g/mol. The van der Waals surface area contributed by atoms with Gasteiger partial charge in [-0.15, -0.1) is 0 Å². The van der Waals surface area contributed by atoms with Gasteiger partial charge in [-0.25, -0.2) is 14.3 Å². The molecule has 0 radical (unpaired) electrons. The molecule has 6 rings (SSSR count). The van der Waals surface area contributed by atoms with E-state index in [1.807, 2.05) is 44.2 Å². The van der Waals surface area contributed by atoms with Crippen LogP contribution in [-0.2, 0) is 11.2 Å². The third kappa shape index (κ3) is 5.25. The van der Waals surface area contributed by atoms with E-state index < -0.39 is 5.69 Å². The Balaban J connectivity index is 1.69. The fourth-order valence-corrected chi connectivity index (χ4v) is 7.22. The van der Waals surface area contributed by atoms with E-state index >= 15 is 0 Å². The Bertz CT molecular complexity index is 1860. The maximum Gasteiger partial charge on any atom is 0.355 e. The van der Waals surface area contributed by atoms with Crippen LogP contribution < -0.4 is 15.3 Å². The molecule has 1 saturated heterocycles. The van der Waals surface area contributed by atoms with Gasteiger partial charge >= 0.3 is 5.69 Å². The summed E-state index contributed by atoms with van der Waals surface area (Å²) in [6, 6.07) is 9.45. The number of aromatic nitrogens is 4. The number of nitrogens with zero attached hydrogens (tertiary/aromatic N) is 6. The van der Waals surface area contributed by atoms with Gasteiger partial charge < -0.3 is 14.5 Å². The van der Waals surface area contributed by atoms with Crippen LogP contribution in [0.4, 0.5) is 5.82 Å². The van der Waals surface area contributed by atoms with Crippen LogP contribution >= 0.6 is 34.2 Å². The van der Waals surface area contributed by atoms with Crippen LogP contribution in [0.1, 0.15) is 51.3 Å². The van der Waals surface area contributed by atoms with Crippen molar-refractivity contribution in [2.45, 2.75) is 58.5 Å². The Labute approximate surface area is 275 Å². The maximum atomic E-state index is 14.3. The van der Waals surface area contributed by atoms with Gasteiger partial charge in [-0.05, 0) is 91.1 Å². The minimum absolute atomic E-state index is 0.0422. The molecule has 2 atom stereocenters. The lowest BCUT2D eigenvalue weighted by atomic mass is 10.0. The number of anilines is 1. The molecule has 9 nitrogen and oxygen atoms in total. The number of fused-ring (bicyclic) bond motifs is 5. The van der Waals surface area contributed by atoms with E-state index in [9.17, 15) is 9.59 Å². The summed E-state index contributed by atoms with van der Waals surface area (Å²) in [5.74, 6) is 1.11. The molecule has 228 valence electrons. The number of benzene rings is 1. The summed E-state index contributed by atoms with van der Waals surface area (Å²) in [6.07, 6.45) is 4.56. The Hall–Kier alpha value is -3.51. The maximum absolute atomic E-state index is 14.3. The smallest absolute Gasteiger partial charge is 0.355 e. The van der Waals surface area contributed by atoms with Crippen molar-refractivity contribution >= 4 is 57.0 Å². The molecule has 11 heteroatoms. The van der Waals surface area contributed by atoms with Crippen molar-refractivity contribution in [1.82, 2.24) is 24.4 Å². The summed E-state index contributed by atoms with van der Waals surface area (Å²) < 4.78 is 8.87. The molecule has 0 aliphatic carbocycles. The zero-order valence-electron chi connectivity index (χ0n) is 25.2. The first-order valence-corrected chi connectivity index (χ1v) is 16.3. The first kappa shape index (κ1) is 30.5. The first-order chi connectivity index (χ1) is 21.1. The number of ether oxygens (including phenoxy) is 1. The van der Waals surface area contributed by atoms with Crippen molar-refractivity contribution in [2.75, 3.05) is 24.6 Å². The van der Waals surface area contributed by atoms with Crippen molar-refractivity contribution in [1.29, 1.82) is 0 Å².